The molecule has 2 aliphatic carbocycles. The Balaban J connectivity index is 1.59. The van der Waals surface area contributed by atoms with Gasteiger partial charge in [0.25, 0.3) is 0 Å². The number of nitrogens with one attached hydrogen (secondary N) is 1. The Morgan fingerprint density at radius 1 is 0.951 bits per heavy atom. The van der Waals surface area contributed by atoms with E-state index in [0.717, 1.165) is 30.5 Å². The minimum Gasteiger partial charge on any atom is -0.480 e. The van der Waals surface area contributed by atoms with Gasteiger partial charge in [0.05, 0.1) is 58.3 Å². The number of ether oxygens (including phenoxy) is 1. The molecule has 0 spiro atoms. The van der Waals surface area contributed by atoms with Gasteiger partial charge in [-0.15, -0.1) is 0 Å². The summed E-state index contributed by atoms with van der Waals surface area (Å²) in [6.45, 7) is 0. The average Bonchev–Trinajstić information content (AvgIpc) is 2.97. The predicted octanol–water partition coefficient (Wildman–Crippen LogP) is 6.50. The minimum absolute atomic E-state index is 0.0140. The van der Waals surface area contributed by atoms with E-state index in [2.05, 4.69) is 10.3 Å². The number of para-hydroxylation sites is 2. The van der Waals surface area contributed by atoms with Crippen LogP contribution in [0.3, 0.4) is 0 Å². The molecule has 210 valence electrons. The molecule has 2 heterocycles. The van der Waals surface area contributed by atoms with Gasteiger partial charge in [-0.25, -0.2) is 9.97 Å². The molecule has 3 aromatic rings. The van der Waals surface area contributed by atoms with Crippen LogP contribution in [0.15, 0.2) is 84.0 Å². The second kappa shape index (κ2) is 10.9. The second-order valence-electron chi connectivity index (χ2n) is 10.1. The number of rotatable bonds is 5. The maximum absolute atomic E-state index is 13.3. The molecule has 7 nitrogen and oxygen atoms in total. The smallest absolute Gasteiger partial charge is 0.416 e. The number of aromatic nitrogens is 3. The Morgan fingerprint density at radius 3 is 2.44 bits per heavy atom. The van der Waals surface area contributed by atoms with Gasteiger partial charge in [0.2, 0.25) is 5.88 Å². The predicted molar refractivity (Wildman–Crippen MR) is 151 cm³/mol. The highest BCUT2D eigenvalue weighted by Gasteiger charge is 2.30. The van der Waals surface area contributed by atoms with Crippen molar-refractivity contribution in [1.29, 1.82) is 0 Å². The summed E-state index contributed by atoms with van der Waals surface area (Å²) in [5.74, 6) is 0.422. The molecule has 0 unspecified atom stereocenters. The number of anilines is 2. The first-order valence-corrected chi connectivity index (χ1v) is 13.4. The largest absolute Gasteiger partial charge is 0.480 e. The molecule has 1 fully saturated rings. The van der Waals surface area contributed by atoms with Crippen LogP contribution >= 0.6 is 0 Å². The van der Waals surface area contributed by atoms with Gasteiger partial charge >= 0.3 is 6.18 Å². The van der Waals surface area contributed by atoms with E-state index in [1.807, 2.05) is 47.0 Å². The number of benzene rings is 3. The van der Waals surface area contributed by atoms with Crippen molar-refractivity contribution < 1.29 is 23.0 Å². The third-order valence-electron chi connectivity index (χ3n) is 7.37. The maximum atomic E-state index is 13.3. The van der Waals surface area contributed by atoms with Crippen LogP contribution in [0.4, 0.5) is 24.5 Å². The van der Waals surface area contributed by atoms with Crippen molar-refractivity contribution >= 4 is 22.4 Å². The van der Waals surface area contributed by atoms with Crippen molar-refractivity contribution in [2.75, 3.05) is 12.4 Å². The first kappa shape index (κ1) is 26.8. The molecule has 1 aromatic heterocycles. The number of hydrogen-bond acceptors (Lipinski definition) is 6. The van der Waals surface area contributed by atoms with E-state index in [1.54, 1.807) is 19.4 Å². The van der Waals surface area contributed by atoms with Gasteiger partial charge in [0.1, 0.15) is 5.69 Å². The van der Waals surface area contributed by atoms with E-state index in [0.29, 0.717) is 58.0 Å². The third kappa shape index (κ3) is 5.47. The molecule has 0 atom stereocenters. The van der Waals surface area contributed by atoms with Crippen LogP contribution in [0.5, 0.6) is 5.88 Å². The zero-order valence-corrected chi connectivity index (χ0v) is 22.3. The quantitative estimate of drug-likeness (QED) is 0.240. The summed E-state index contributed by atoms with van der Waals surface area (Å²) < 4.78 is 47.4. The molecule has 2 aromatic carbocycles. The first-order valence-electron chi connectivity index (χ1n) is 13.4. The third-order valence-corrected chi connectivity index (χ3v) is 7.37. The number of nitrogens with zero attached hydrogens (tertiary/aromatic N) is 4. The summed E-state index contributed by atoms with van der Waals surface area (Å²) in [6, 6.07) is 20.1. The lowest BCUT2D eigenvalue weighted by Crippen LogP contribution is -2.24. The van der Waals surface area contributed by atoms with Crippen molar-refractivity contribution in [3.05, 3.63) is 89.9 Å². The summed E-state index contributed by atoms with van der Waals surface area (Å²) in [4.78, 5) is 14.3. The van der Waals surface area contributed by atoms with Crippen LogP contribution in [-0.2, 0) is 6.18 Å². The van der Waals surface area contributed by atoms with Crippen molar-refractivity contribution in [2.24, 2.45) is 4.99 Å². The van der Waals surface area contributed by atoms with E-state index in [-0.39, 0.29) is 12.1 Å². The van der Waals surface area contributed by atoms with Gasteiger partial charge in [-0.3, -0.25) is 4.99 Å². The lowest BCUT2D eigenvalue weighted by atomic mass is 9.93. The fourth-order valence-corrected chi connectivity index (χ4v) is 5.30. The highest BCUT2D eigenvalue weighted by molar-refractivity contribution is 5.84. The summed E-state index contributed by atoms with van der Waals surface area (Å²) in [5.41, 5.74) is 3.98. The topological polar surface area (TPSA) is 84.6 Å². The molecule has 3 aliphatic rings. The zero-order valence-electron chi connectivity index (χ0n) is 22.3. The molecular weight excluding hydrogens is 531 g/mol. The summed E-state index contributed by atoms with van der Waals surface area (Å²) in [5, 5.41) is 14.1. The van der Waals surface area contributed by atoms with E-state index in [1.165, 1.54) is 12.1 Å². The average molecular weight is 560 g/mol. The fraction of sp³-hybridized carbons (Fsp3) is 0.258. The number of pyridine rings is 1. The highest BCUT2D eigenvalue weighted by Crippen LogP contribution is 2.34. The number of hydrogen-bond donors (Lipinski definition) is 2. The number of aliphatic hydroxyl groups is 1. The number of halogens is 3. The molecule has 10 heteroatoms. The SMILES string of the molecule is COc1ncccc1Nc1cc2nc3ccccc3n(-c3ccc(C(F)(F)F)cc3)c-2c/c1=N\C1CCC(O)CC1. The molecule has 0 bridgehead atoms. The van der Waals surface area contributed by atoms with E-state index < -0.39 is 11.7 Å². The summed E-state index contributed by atoms with van der Waals surface area (Å²) in [7, 11) is 1.55. The van der Waals surface area contributed by atoms with Gasteiger partial charge in [-0.2, -0.15) is 13.2 Å². The Labute approximate surface area is 234 Å². The van der Waals surface area contributed by atoms with Crippen molar-refractivity contribution in [2.45, 2.75) is 44.0 Å². The molecule has 1 aliphatic heterocycles. The van der Waals surface area contributed by atoms with Gasteiger partial charge in [-0.1, -0.05) is 12.1 Å². The number of aliphatic hydroxyl groups excluding tert-OH is 1. The highest BCUT2D eigenvalue weighted by atomic mass is 19.4. The van der Waals surface area contributed by atoms with E-state index in [4.69, 9.17) is 14.7 Å². The normalized spacial score (nSPS) is 18.1. The number of methoxy groups -OCH3 is 1. The van der Waals surface area contributed by atoms with Gasteiger partial charge < -0.3 is 19.7 Å². The molecule has 0 radical (unpaired) electrons. The monoisotopic (exact) mass is 559 g/mol. The van der Waals surface area contributed by atoms with Crippen LogP contribution in [0.25, 0.3) is 28.1 Å². The van der Waals surface area contributed by atoms with Crippen LogP contribution in [0, 0.1) is 0 Å². The second-order valence-corrected chi connectivity index (χ2v) is 10.1. The lowest BCUT2D eigenvalue weighted by Gasteiger charge is -2.23. The van der Waals surface area contributed by atoms with Crippen molar-refractivity contribution in [3.63, 3.8) is 0 Å². The molecule has 41 heavy (non-hydrogen) atoms. The first-order chi connectivity index (χ1) is 19.8. The fourth-order valence-electron chi connectivity index (χ4n) is 5.30. The zero-order chi connectivity index (χ0) is 28.6. The van der Waals surface area contributed by atoms with Crippen LogP contribution < -0.4 is 15.4 Å². The van der Waals surface area contributed by atoms with Crippen molar-refractivity contribution in [1.82, 2.24) is 14.5 Å². The number of fused-ring (bicyclic) bond motifs is 2. The minimum atomic E-state index is -4.43. The number of alkyl halides is 3. The van der Waals surface area contributed by atoms with Crippen molar-refractivity contribution in [3.8, 4) is 23.0 Å². The van der Waals surface area contributed by atoms with Gasteiger partial charge in [0, 0.05) is 11.9 Å². The Kier molecular flexibility index (Phi) is 7.08. The lowest BCUT2D eigenvalue weighted by molar-refractivity contribution is -0.137. The van der Waals surface area contributed by atoms with E-state index >= 15 is 0 Å². The van der Waals surface area contributed by atoms with Crippen LogP contribution in [-0.4, -0.2) is 38.9 Å². The Morgan fingerprint density at radius 2 is 1.71 bits per heavy atom. The van der Waals surface area contributed by atoms with E-state index in [9.17, 15) is 18.3 Å². The summed E-state index contributed by atoms with van der Waals surface area (Å²) >= 11 is 0. The van der Waals surface area contributed by atoms with Gasteiger partial charge in [-0.05, 0) is 86.3 Å². The Bertz CT molecular complexity index is 1730. The summed E-state index contributed by atoms with van der Waals surface area (Å²) in [6.07, 6.45) is -0.235. The maximum Gasteiger partial charge on any atom is 0.416 e. The Hall–Kier alpha value is -4.44. The molecule has 0 amide bonds. The molecule has 1 saturated carbocycles. The van der Waals surface area contributed by atoms with Crippen LogP contribution in [0.2, 0.25) is 0 Å². The molecular formula is C31H28F3N5O2. The molecule has 6 rings (SSSR count). The standard InChI is InChI=1S/C31H28F3N5O2/c1-41-30-24(6-4-16-35-30)38-25-17-27-29(18-26(25)36-20-10-14-22(40)15-11-20)39(28-7-3-2-5-23(28)37-27)21-12-8-19(9-13-21)31(32,33)34/h2-9,12-13,16-18,20,22,38,40H,10-11,14-15H2,1H3/b36-26+. The van der Waals surface area contributed by atoms with Crippen LogP contribution in [0.1, 0.15) is 31.2 Å². The molecule has 2 N–H and O–H groups in total. The molecule has 0 saturated heterocycles. The van der Waals surface area contributed by atoms with Gasteiger partial charge in [0.15, 0.2) is 0 Å².